The number of fused-ring (bicyclic) bond motifs is 1. The van der Waals surface area contributed by atoms with Gasteiger partial charge in [-0.3, -0.25) is 0 Å². The van der Waals surface area contributed by atoms with Crippen molar-refractivity contribution in [3.05, 3.63) is 23.0 Å². The number of aromatic nitrogens is 4. The van der Waals surface area contributed by atoms with E-state index in [-0.39, 0.29) is 22.5 Å². The van der Waals surface area contributed by atoms with Crippen LogP contribution in [-0.4, -0.2) is 64.6 Å². The summed E-state index contributed by atoms with van der Waals surface area (Å²) >= 11 is 2.82. The van der Waals surface area contributed by atoms with Gasteiger partial charge in [0.15, 0.2) is 0 Å². The number of nitrogens with zero attached hydrogens (tertiary/aromatic N) is 3. The van der Waals surface area contributed by atoms with Crippen LogP contribution < -0.4 is 5.56 Å². The van der Waals surface area contributed by atoms with Gasteiger partial charge in [0.05, 0.1) is 0 Å². The van der Waals surface area contributed by atoms with E-state index in [1.807, 2.05) is 0 Å². The van der Waals surface area contributed by atoms with Crippen molar-refractivity contribution in [1.29, 1.82) is 0 Å². The van der Waals surface area contributed by atoms with Gasteiger partial charge in [-0.2, -0.15) is 0 Å². The molecule has 101 valence electrons. The molecule has 3 rings (SSSR count). The van der Waals surface area contributed by atoms with Crippen LogP contribution in [-0.2, 0) is 4.74 Å². The van der Waals surface area contributed by atoms with E-state index in [0.29, 0.717) is 5.65 Å². The van der Waals surface area contributed by atoms with Gasteiger partial charge in [-0.1, -0.05) is 0 Å². The topological polar surface area (TPSA) is 113 Å². The molecule has 2 aromatic rings. The second-order valence-corrected chi connectivity index (χ2v) is 5.40. The van der Waals surface area contributed by atoms with Crippen LogP contribution in [0.25, 0.3) is 11.2 Å². The maximum absolute atomic E-state index is 11.6. The van der Waals surface area contributed by atoms with Crippen molar-refractivity contribution in [3.63, 3.8) is 0 Å². The fourth-order valence-corrected chi connectivity index (χ4v) is 2.92. The second kappa shape index (κ2) is 4.69. The molecule has 1 fully saturated rings. The molecule has 0 bridgehead atoms. The molecule has 1 aliphatic rings. The molecule has 0 unspecified atom stereocenters. The van der Waals surface area contributed by atoms with Crippen molar-refractivity contribution < 1.29 is 14.9 Å². The zero-order chi connectivity index (χ0) is 13.6. The minimum atomic E-state index is -0.825. The van der Waals surface area contributed by atoms with Gasteiger partial charge in [0.1, 0.15) is 0 Å². The van der Waals surface area contributed by atoms with Gasteiger partial charge < -0.3 is 0 Å². The van der Waals surface area contributed by atoms with Crippen LogP contribution >= 0.6 is 0 Å². The van der Waals surface area contributed by atoms with E-state index in [1.165, 1.54) is 12.7 Å². The molecular formula is C10H11N4O4Se. The molecule has 4 atom stereocenters. The standard InChI is InChI=1S/C10H11N4O4Se/c15-1-4-6(16)7(19)10(18-4)14-3-13-5-8(14)11-2-12-9(5)17/h2-4,6-7,10,15-16H,1H2,(H,11,12,17)/t4-,6-,7-,10-/m1/s1. The first-order chi connectivity index (χ1) is 9.13. The van der Waals surface area contributed by atoms with Crippen molar-refractivity contribution in [2.75, 3.05) is 6.61 Å². The Balaban J connectivity index is 2.06. The van der Waals surface area contributed by atoms with Crippen LogP contribution in [0.2, 0.25) is 4.82 Å². The number of rotatable bonds is 2. The Morgan fingerprint density at radius 2 is 2.32 bits per heavy atom. The van der Waals surface area contributed by atoms with Gasteiger partial charge in [-0.15, -0.1) is 0 Å². The van der Waals surface area contributed by atoms with E-state index in [0.717, 1.165) is 0 Å². The predicted molar refractivity (Wildman–Crippen MR) is 64.7 cm³/mol. The summed E-state index contributed by atoms with van der Waals surface area (Å²) in [5, 5.41) is 19.0. The predicted octanol–water partition coefficient (Wildman–Crippen LogP) is -1.67. The van der Waals surface area contributed by atoms with Crippen molar-refractivity contribution in [3.8, 4) is 0 Å². The van der Waals surface area contributed by atoms with Gasteiger partial charge in [-0.25, -0.2) is 0 Å². The molecule has 3 heterocycles. The van der Waals surface area contributed by atoms with Gasteiger partial charge in [-0.05, 0) is 0 Å². The molecule has 0 saturated carbocycles. The second-order valence-electron chi connectivity index (χ2n) is 4.26. The number of hydrogen-bond acceptors (Lipinski definition) is 6. The molecule has 1 saturated heterocycles. The van der Waals surface area contributed by atoms with Crippen molar-refractivity contribution >= 4 is 27.2 Å². The number of ether oxygens (including phenoxy) is 1. The number of nitrogens with one attached hydrogen (secondary N) is 1. The van der Waals surface area contributed by atoms with Crippen molar-refractivity contribution in [2.24, 2.45) is 0 Å². The molecule has 8 nitrogen and oxygen atoms in total. The average molecular weight is 330 g/mol. The summed E-state index contributed by atoms with van der Waals surface area (Å²) in [5.41, 5.74) is 0.248. The molecule has 1 radical (unpaired) electrons. The minimum absolute atomic E-state index is 0.209. The zero-order valence-electron chi connectivity index (χ0n) is 9.63. The van der Waals surface area contributed by atoms with E-state index in [4.69, 9.17) is 9.84 Å². The van der Waals surface area contributed by atoms with E-state index in [1.54, 1.807) is 4.57 Å². The molecule has 0 aliphatic carbocycles. The summed E-state index contributed by atoms with van der Waals surface area (Å²) in [4.78, 5) is 21.7. The molecule has 1 aliphatic heterocycles. The van der Waals surface area contributed by atoms with E-state index in [2.05, 4.69) is 31.0 Å². The maximum atomic E-state index is 11.6. The van der Waals surface area contributed by atoms with E-state index < -0.39 is 18.4 Å². The Labute approximate surface area is 115 Å². The average Bonchev–Trinajstić information content (AvgIpc) is 2.94. The first-order valence-corrected chi connectivity index (χ1v) is 6.63. The summed E-state index contributed by atoms with van der Waals surface area (Å²) in [6, 6.07) is 0. The Kier molecular flexibility index (Phi) is 3.15. The van der Waals surface area contributed by atoms with Gasteiger partial charge in [0.2, 0.25) is 0 Å². The van der Waals surface area contributed by atoms with E-state index in [9.17, 15) is 9.90 Å². The van der Waals surface area contributed by atoms with Gasteiger partial charge >= 0.3 is 115 Å². The van der Waals surface area contributed by atoms with Crippen molar-refractivity contribution in [1.82, 2.24) is 19.5 Å². The van der Waals surface area contributed by atoms with Crippen LogP contribution in [0, 0.1) is 0 Å². The molecule has 0 aromatic carbocycles. The molecule has 19 heavy (non-hydrogen) atoms. The SMILES string of the molecule is O=c1[nH]cnc2c1ncn2[C@@H]1O[C@H](CO)[C@@H](O)[C@H]1[Se]. The Bertz CT molecular complexity index is 656. The number of aromatic amines is 1. The first kappa shape index (κ1) is 12.8. The Morgan fingerprint density at radius 3 is 3.00 bits per heavy atom. The number of aliphatic hydroxyl groups is 2. The molecule has 3 N–H and O–H groups in total. The first-order valence-electron chi connectivity index (χ1n) is 5.64. The molecule has 2 aromatic heterocycles. The Morgan fingerprint density at radius 1 is 1.53 bits per heavy atom. The fourth-order valence-electron chi connectivity index (χ4n) is 2.14. The van der Waals surface area contributed by atoms with Crippen molar-refractivity contribution in [2.45, 2.75) is 23.3 Å². The molecule has 9 heteroatoms. The summed E-state index contributed by atoms with van der Waals surface area (Å²) in [6.45, 7) is -0.281. The summed E-state index contributed by atoms with van der Waals surface area (Å²) in [7, 11) is 0. The summed E-state index contributed by atoms with van der Waals surface area (Å²) in [5.74, 6) is 0. The molecule has 0 amide bonds. The number of hydrogen-bond donors (Lipinski definition) is 3. The third-order valence-corrected chi connectivity index (χ3v) is 4.21. The van der Waals surface area contributed by atoms with Crippen LogP contribution in [0.4, 0.5) is 0 Å². The number of aliphatic hydroxyl groups excluding tert-OH is 2. The van der Waals surface area contributed by atoms with Crippen LogP contribution in [0.15, 0.2) is 17.4 Å². The van der Waals surface area contributed by atoms with Crippen LogP contribution in [0.5, 0.6) is 0 Å². The Hall–Kier alpha value is -1.25. The van der Waals surface area contributed by atoms with Gasteiger partial charge in [0, 0.05) is 0 Å². The summed E-state index contributed by atoms with van der Waals surface area (Å²) < 4.78 is 7.14. The fraction of sp³-hybridized carbons (Fsp3) is 0.500. The van der Waals surface area contributed by atoms with Crippen LogP contribution in [0.1, 0.15) is 6.23 Å². The quantitative estimate of drug-likeness (QED) is 0.567. The third kappa shape index (κ3) is 1.90. The monoisotopic (exact) mass is 331 g/mol. The normalized spacial score (nSPS) is 31.1. The third-order valence-electron chi connectivity index (χ3n) is 3.13. The summed E-state index contributed by atoms with van der Waals surface area (Å²) in [6.07, 6.45) is 0.664. The molecule has 0 spiro atoms. The van der Waals surface area contributed by atoms with Crippen LogP contribution in [0.3, 0.4) is 0 Å². The molecular weight excluding hydrogens is 319 g/mol. The van der Waals surface area contributed by atoms with Gasteiger partial charge in [0.25, 0.3) is 0 Å². The number of imidazole rings is 1. The van der Waals surface area contributed by atoms with E-state index >= 15 is 0 Å². The number of H-pyrrole nitrogens is 1. The zero-order valence-corrected chi connectivity index (χ0v) is 11.3.